The molecule has 0 spiro atoms. The van der Waals surface area contributed by atoms with Crippen molar-refractivity contribution < 1.29 is 0 Å². The number of thiophene rings is 1. The number of nitrogens with one attached hydrogen (secondary N) is 1. The van der Waals surface area contributed by atoms with E-state index in [9.17, 15) is 0 Å². The van der Waals surface area contributed by atoms with Crippen LogP contribution in [-0.2, 0) is 0 Å². The van der Waals surface area contributed by atoms with Gasteiger partial charge in [0.05, 0.1) is 23.6 Å². The Labute approximate surface area is 106 Å². The van der Waals surface area contributed by atoms with Gasteiger partial charge in [-0.1, -0.05) is 6.92 Å². The van der Waals surface area contributed by atoms with Crippen LogP contribution in [0.4, 0.5) is 0 Å². The number of hydrogen-bond donors (Lipinski definition) is 1. The van der Waals surface area contributed by atoms with Gasteiger partial charge in [0.25, 0.3) is 0 Å². The van der Waals surface area contributed by atoms with Crippen molar-refractivity contribution in [3.8, 4) is 0 Å². The van der Waals surface area contributed by atoms with E-state index in [1.54, 1.807) is 11.3 Å². The van der Waals surface area contributed by atoms with Crippen molar-refractivity contribution in [3.05, 3.63) is 45.7 Å². The highest BCUT2D eigenvalue weighted by atomic mass is 32.1. The Balaban J connectivity index is 2.31. The molecule has 1 unspecified atom stereocenters. The average molecular weight is 247 g/mol. The van der Waals surface area contributed by atoms with Gasteiger partial charge in [0.1, 0.15) is 0 Å². The van der Waals surface area contributed by atoms with E-state index in [0.29, 0.717) is 0 Å². The van der Waals surface area contributed by atoms with Crippen LogP contribution in [0.15, 0.2) is 24.5 Å². The number of nitrogens with zero attached hydrogens (tertiary/aromatic N) is 2. The summed E-state index contributed by atoms with van der Waals surface area (Å²) in [6.07, 6.45) is 3.68. The number of aryl methyl sites for hydroxylation is 2. The van der Waals surface area contributed by atoms with Crippen LogP contribution >= 0.6 is 11.3 Å². The van der Waals surface area contributed by atoms with Gasteiger partial charge in [0, 0.05) is 16.0 Å². The molecule has 2 aromatic heterocycles. The summed E-state index contributed by atoms with van der Waals surface area (Å²) in [7, 11) is 0. The second kappa shape index (κ2) is 5.38. The summed E-state index contributed by atoms with van der Waals surface area (Å²) in [6, 6.07) is 4.47. The highest BCUT2D eigenvalue weighted by molar-refractivity contribution is 7.12. The van der Waals surface area contributed by atoms with Crippen LogP contribution in [0.25, 0.3) is 0 Å². The van der Waals surface area contributed by atoms with Gasteiger partial charge in [-0.05, 0) is 32.5 Å². The Bertz CT molecular complexity index is 476. The molecule has 0 fully saturated rings. The number of aromatic nitrogens is 2. The Kier molecular flexibility index (Phi) is 3.86. The third-order valence-corrected chi connectivity index (χ3v) is 3.62. The van der Waals surface area contributed by atoms with E-state index < -0.39 is 0 Å². The monoisotopic (exact) mass is 247 g/mol. The normalized spacial score (nSPS) is 12.6. The maximum absolute atomic E-state index is 4.46. The standard InChI is InChI=1S/C13H17N3S/c1-4-14-13(12-6-5-10(3)17-12)11-8-15-9(2)7-16-11/h5-8,13-14H,4H2,1-3H3. The van der Waals surface area contributed by atoms with E-state index >= 15 is 0 Å². The Morgan fingerprint density at radius 3 is 2.59 bits per heavy atom. The lowest BCUT2D eigenvalue weighted by Crippen LogP contribution is -2.22. The van der Waals surface area contributed by atoms with E-state index in [0.717, 1.165) is 17.9 Å². The summed E-state index contributed by atoms with van der Waals surface area (Å²) in [5.41, 5.74) is 1.94. The molecule has 1 atom stereocenters. The summed E-state index contributed by atoms with van der Waals surface area (Å²) in [4.78, 5) is 11.4. The zero-order chi connectivity index (χ0) is 12.3. The summed E-state index contributed by atoms with van der Waals surface area (Å²) in [6.45, 7) is 7.10. The summed E-state index contributed by atoms with van der Waals surface area (Å²) in [5, 5.41) is 3.46. The molecule has 0 aliphatic carbocycles. The van der Waals surface area contributed by atoms with Crippen molar-refractivity contribution in [3.63, 3.8) is 0 Å². The fourth-order valence-electron chi connectivity index (χ4n) is 1.72. The van der Waals surface area contributed by atoms with Gasteiger partial charge >= 0.3 is 0 Å². The van der Waals surface area contributed by atoms with Crippen LogP contribution in [0, 0.1) is 13.8 Å². The molecule has 0 saturated heterocycles. The Morgan fingerprint density at radius 2 is 2.06 bits per heavy atom. The molecule has 90 valence electrons. The van der Waals surface area contributed by atoms with Gasteiger partial charge in [0.15, 0.2) is 0 Å². The van der Waals surface area contributed by atoms with E-state index in [1.165, 1.54) is 9.75 Å². The lowest BCUT2D eigenvalue weighted by atomic mass is 10.1. The summed E-state index contributed by atoms with van der Waals surface area (Å²) in [5.74, 6) is 0. The van der Waals surface area contributed by atoms with Gasteiger partial charge in [-0.15, -0.1) is 11.3 Å². The third kappa shape index (κ3) is 2.90. The van der Waals surface area contributed by atoms with Crippen LogP contribution in [0.3, 0.4) is 0 Å². The summed E-state index contributed by atoms with van der Waals surface area (Å²) < 4.78 is 0. The molecule has 3 nitrogen and oxygen atoms in total. The molecule has 2 aromatic rings. The lowest BCUT2D eigenvalue weighted by Gasteiger charge is -2.15. The summed E-state index contributed by atoms with van der Waals surface area (Å²) >= 11 is 1.80. The smallest absolute Gasteiger partial charge is 0.0860 e. The number of rotatable bonds is 4. The van der Waals surface area contributed by atoms with Gasteiger partial charge in [0.2, 0.25) is 0 Å². The first-order chi connectivity index (χ1) is 8.20. The minimum absolute atomic E-state index is 0.159. The molecule has 0 aromatic carbocycles. The topological polar surface area (TPSA) is 37.8 Å². The van der Waals surface area contributed by atoms with Crippen LogP contribution in [0.5, 0.6) is 0 Å². The van der Waals surface area contributed by atoms with E-state index in [4.69, 9.17) is 0 Å². The molecular formula is C13H17N3S. The largest absolute Gasteiger partial charge is 0.305 e. The molecular weight excluding hydrogens is 230 g/mol. The Hall–Kier alpha value is -1.26. The fraction of sp³-hybridized carbons (Fsp3) is 0.385. The van der Waals surface area contributed by atoms with Crippen LogP contribution in [-0.4, -0.2) is 16.5 Å². The zero-order valence-corrected chi connectivity index (χ0v) is 11.2. The highest BCUT2D eigenvalue weighted by Crippen LogP contribution is 2.26. The molecule has 2 heterocycles. The van der Waals surface area contributed by atoms with Gasteiger partial charge < -0.3 is 5.32 Å². The molecule has 0 amide bonds. The Morgan fingerprint density at radius 1 is 1.24 bits per heavy atom. The van der Waals surface area contributed by atoms with Crippen LogP contribution < -0.4 is 5.32 Å². The van der Waals surface area contributed by atoms with E-state index in [2.05, 4.69) is 41.3 Å². The van der Waals surface area contributed by atoms with Crippen molar-refractivity contribution in [2.24, 2.45) is 0 Å². The maximum Gasteiger partial charge on any atom is 0.0860 e. The molecule has 4 heteroatoms. The van der Waals surface area contributed by atoms with E-state index in [-0.39, 0.29) is 6.04 Å². The minimum atomic E-state index is 0.159. The SMILES string of the molecule is CCNC(c1cnc(C)cn1)c1ccc(C)s1. The predicted molar refractivity (Wildman–Crippen MR) is 71.3 cm³/mol. The van der Waals surface area contributed by atoms with Crippen molar-refractivity contribution in [1.82, 2.24) is 15.3 Å². The molecule has 1 N–H and O–H groups in total. The number of hydrogen-bond acceptors (Lipinski definition) is 4. The van der Waals surface area contributed by atoms with Gasteiger partial charge in [-0.25, -0.2) is 0 Å². The maximum atomic E-state index is 4.46. The minimum Gasteiger partial charge on any atom is -0.305 e. The molecule has 2 rings (SSSR count). The molecule has 0 bridgehead atoms. The van der Waals surface area contributed by atoms with Crippen molar-refractivity contribution in [2.75, 3.05) is 6.54 Å². The molecule has 0 aliphatic heterocycles. The molecule has 0 aliphatic rings. The van der Waals surface area contributed by atoms with Crippen molar-refractivity contribution >= 4 is 11.3 Å². The first-order valence-electron chi connectivity index (χ1n) is 5.79. The molecule has 17 heavy (non-hydrogen) atoms. The highest BCUT2D eigenvalue weighted by Gasteiger charge is 2.16. The molecule has 0 saturated carbocycles. The van der Waals surface area contributed by atoms with Crippen molar-refractivity contribution in [2.45, 2.75) is 26.8 Å². The zero-order valence-electron chi connectivity index (χ0n) is 10.4. The predicted octanol–water partition coefficient (Wildman–Crippen LogP) is 2.85. The van der Waals surface area contributed by atoms with E-state index in [1.807, 2.05) is 19.3 Å². The quantitative estimate of drug-likeness (QED) is 0.902. The first-order valence-corrected chi connectivity index (χ1v) is 6.60. The van der Waals surface area contributed by atoms with Crippen LogP contribution in [0.2, 0.25) is 0 Å². The lowest BCUT2D eigenvalue weighted by molar-refractivity contribution is 0.620. The van der Waals surface area contributed by atoms with Gasteiger partial charge in [-0.2, -0.15) is 0 Å². The second-order valence-electron chi connectivity index (χ2n) is 4.02. The second-order valence-corrected chi connectivity index (χ2v) is 5.34. The average Bonchev–Trinajstić information content (AvgIpc) is 2.74. The third-order valence-electron chi connectivity index (χ3n) is 2.55. The first kappa shape index (κ1) is 12.2. The fourth-order valence-corrected chi connectivity index (χ4v) is 2.68. The van der Waals surface area contributed by atoms with Gasteiger partial charge in [-0.3, -0.25) is 9.97 Å². The molecule has 0 radical (unpaired) electrons. The van der Waals surface area contributed by atoms with Crippen LogP contribution in [0.1, 0.15) is 34.1 Å². The van der Waals surface area contributed by atoms with Crippen molar-refractivity contribution in [1.29, 1.82) is 0 Å².